The van der Waals surface area contributed by atoms with Gasteiger partial charge in [-0.1, -0.05) is 48.5 Å². The minimum atomic E-state index is 0.182. The first-order valence-corrected chi connectivity index (χ1v) is 6.74. The molecule has 2 aromatic carbocycles. The third-order valence-electron chi connectivity index (χ3n) is 2.61. The van der Waals surface area contributed by atoms with E-state index in [-0.39, 0.29) is 5.78 Å². The van der Waals surface area contributed by atoms with Gasteiger partial charge in [-0.2, -0.15) is 0 Å². The van der Waals surface area contributed by atoms with Crippen LogP contribution in [0.4, 0.5) is 0 Å². The lowest BCUT2D eigenvalue weighted by molar-refractivity contribution is 0.0990. The van der Waals surface area contributed by atoms with Gasteiger partial charge >= 0.3 is 0 Å². The molecular formula is C15H14OS. The highest BCUT2D eigenvalue weighted by molar-refractivity contribution is 7.98. The fourth-order valence-electron chi connectivity index (χ4n) is 1.75. The largest absolute Gasteiger partial charge is 0.294 e. The summed E-state index contributed by atoms with van der Waals surface area (Å²) in [6.07, 6.45) is 2.47. The smallest absolute Gasteiger partial charge is 0.168 e. The van der Waals surface area contributed by atoms with Gasteiger partial charge in [0.15, 0.2) is 5.78 Å². The molecule has 0 spiro atoms. The van der Waals surface area contributed by atoms with Gasteiger partial charge in [-0.05, 0) is 17.9 Å². The van der Waals surface area contributed by atoms with E-state index in [1.54, 1.807) is 11.8 Å². The molecule has 0 aliphatic rings. The van der Waals surface area contributed by atoms with E-state index in [2.05, 4.69) is 0 Å². The average Bonchev–Trinajstić information content (AvgIpc) is 2.40. The maximum Gasteiger partial charge on any atom is 0.168 e. The summed E-state index contributed by atoms with van der Waals surface area (Å²) in [5.74, 6) is 0.182. The van der Waals surface area contributed by atoms with Crippen molar-refractivity contribution in [1.82, 2.24) is 0 Å². The van der Waals surface area contributed by atoms with Crippen LogP contribution >= 0.6 is 11.8 Å². The zero-order valence-corrected chi connectivity index (χ0v) is 10.5. The predicted octanol–water partition coefficient (Wildman–Crippen LogP) is 3.83. The number of ketones is 1. The SMILES string of the molecule is CSc1ccccc1C(=O)Cc1ccccc1. The third kappa shape index (κ3) is 2.98. The summed E-state index contributed by atoms with van der Waals surface area (Å²) < 4.78 is 0. The Morgan fingerprint density at radius 2 is 1.65 bits per heavy atom. The molecule has 0 N–H and O–H groups in total. The molecule has 86 valence electrons. The molecule has 0 radical (unpaired) electrons. The van der Waals surface area contributed by atoms with E-state index in [4.69, 9.17) is 0 Å². The first-order valence-electron chi connectivity index (χ1n) is 5.51. The van der Waals surface area contributed by atoms with Crippen molar-refractivity contribution in [2.45, 2.75) is 11.3 Å². The van der Waals surface area contributed by atoms with Gasteiger partial charge in [0.2, 0.25) is 0 Å². The van der Waals surface area contributed by atoms with Crippen molar-refractivity contribution in [3.63, 3.8) is 0 Å². The lowest BCUT2D eigenvalue weighted by Crippen LogP contribution is -2.04. The number of hydrogen-bond donors (Lipinski definition) is 0. The molecule has 0 aliphatic heterocycles. The van der Waals surface area contributed by atoms with E-state index in [1.807, 2.05) is 60.9 Å². The lowest BCUT2D eigenvalue weighted by Gasteiger charge is -2.06. The van der Waals surface area contributed by atoms with Crippen LogP contribution in [-0.2, 0) is 6.42 Å². The van der Waals surface area contributed by atoms with Gasteiger partial charge in [0, 0.05) is 16.9 Å². The number of carbonyl (C=O) groups excluding carboxylic acids is 1. The van der Waals surface area contributed by atoms with Gasteiger partial charge < -0.3 is 0 Å². The zero-order valence-electron chi connectivity index (χ0n) is 9.72. The number of rotatable bonds is 4. The second kappa shape index (κ2) is 5.69. The number of Topliss-reactive ketones (excluding diaryl/α,β-unsaturated/α-hetero) is 1. The van der Waals surface area contributed by atoms with Gasteiger partial charge in [-0.15, -0.1) is 11.8 Å². The van der Waals surface area contributed by atoms with Crippen molar-refractivity contribution in [2.75, 3.05) is 6.26 Å². The molecule has 0 heterocycles. The van der Waals surface area contributed by atoms with E-state index < -0.39 is 0 Å². The maximum atomic E-state index is 12.2. The molecule has 17 heavy (non-hydrogen) atoms. The van der Waals surface area contributed by atoms with Gasteiger partial charge in [-0.3, -0.25) is 4.79 Å². The van der Waals surface area contributed by atoms with Crippen LogP contribution in [0.3, 0.4) is 0 Å². The van der Waals surface area contributed by atoms with E-state index >= 15 is 0 Å². The van der Waals surface area contributed by atoms with Gasteiger partial charge in [0.1, 0.15) is 0 Å². The van der Waals surface area contributed by atoms with Crippen molar-refractivity contribution in [1.29, 1.82) is 0 Å². The number of hydrogen-bond acceptors (Lipinski definition) is 2. The highest BCUT2D eigenvalue weighted by atomic mass is 32.2. The second-order valence-corrected chi connectivity index (χ2v) is 4.63. The number of benzene rings is 2. The first-order chi connectivity index (χ1) is 8.31. The molecule has 0 bridgehead atoms. The molecule has 1 nitrogen and oxygen atoms in total. The van der Waals surface area contributed by atoms with Crippen molar-refractivity contribution < 1.29 is 4.79 Å². The Bertz CT molecular complexity index is 505. The molecule has 0 aliphatic carbocycles. The van der Waals surface area contributed by atoms with Crippen LogP contribution in [0.2, 0.25) is 0 Å². The van der Waals surface area contributed by atoms with Crippen molar-refractivity contribution in [2.24, 2.45) is 0 Å². The van der Waals surface area contributed by atoms with Crippen molar-refractivity contribution >= 4 is 17.5 Å². The third-order valence-corrected chi connectivity index (χ3v) is 3.41. The van der Waals surface area contributed by atoms with E-state index in [9.17, 15) is 4.79 Å². The van der Waals surface area contributed by atoms with Gasteiger partial charge in [-0.25, -0.2) is 0 Å². The van der Waals surface area contributed by atoms with Crippen LogP contribution in [0, 0.1) is 0 Å². The first kappa shape index (κ1) is 11.9. The Kier molecular flexibility index (Phi) is 3.99. The minimum absolute atomic E-state index is 0.182. The molecule has 0 amide bonds. The Balaban J connectivity index is 2.20. The standard InChI is InChI=1S/C15H14OS/c1-17-15-10-6-5-9-13(15)14(16)11-12-7-3-2-4-8-12/h2-10H,11H2,1H3. The summed E-state index contributed by atoms with van der Waals surface area (Å²) in [6.45, 7) is 0. The van der Waals surface area contributed by atoms with Crippen molar-refractivity contribution in [3.05, 3.63) is 65.7 Å². The second-order valence-electron chi connectivity index (χ2n) is 3.79. The average molecular weight is 242 g/mol. The van der Waals surface area contributed by atoms with Crippen LogP contribution < -0.4 is 0 Å². The predicted molar refractivity (Wildman–Crippen MR) is 72.7 cm³/mol. The summed E-state index contributed by atoms with van der Waals surface area (Å²) in [5, 5.41) is 0. The molecule has 2 heteroatoms. The van der Waals surface area contributed by atoms with Crippen LogP contribution in [0.15, 0.2) is 59.5 Å². The molecule has 0 atom stereocenters. The normalized spacial score (nSPS) is 10.2. The van der Waals surface area contributed by atoms with Crippen LogP contribution in [0.25, 0.3) is 0 Å². The lowest BCUT2D eigenvalue weighted by atomic mass is 10.0. The molecule has 0 saturated heterocycles. The van der Waals surface area contributed by atoms with Crippen LogP contribution in [0.5, 0.6) is 0 Å². The topological polar surface area (TPSA) is 17.1 Å². The highest BCUT2D eigenvalue weighted by Gasteiger charge is 2.10. The van der Waals surface area contributed by atoms with E-state index in [1.165, 1.54) is 0 Å². The van der Waals surface area contributed by atoms with Crippen LogP contribution in [-0.4, -0.2) is 12.0 Å². The highest BCUT2D eigenvalue weighted by Crippen LogP contribution is 2.21. The van der Waals surface area contributed by atoms with E-state index in [0.29, 0.717) is 6.42 Å². The molecule has 2 rings (SSSR count). The summed E-state index contributed by atoms with van der Waals surface area (Å²) >= 11 is 1.61. The fraction of sp³-hybridized carbons (Fsp3) is 0.133. The van der Waals surface area contributed by atoms with Gasteiger partial charge in [0.25, 0.3) is 0 Å². The Morgan fingerprint density at radius 3 is 2.35 bits per heavy atom. The molecule has 0 fully saturated rings. The summed E-state index contributed by atoms with van der Waals surface area (Å²) in [4.78, 5) is 13.2. The number of carbonyl (C=O) groups is 1. The Morgan fingerprint density at radius 1 is 1.00 bits per heavy atom. The molecule has 0 aromatic heterocycles. The summed E-state index contributed by atoms with van der Waals surface area (Å²) in [7, 11) is 0. The fourth-order valence-corrected chi connectivity index (χ4v) is 2.37. The minimum Gasteiger partial charge on any atom is -0.294 e. The Labute approximate surface area is 106 Å². The van der Waals surface area contributed by atoms with Crippen LogP contribution in [0.1, 0.15) is 15.9 Å². The maximum absolute atomic E-state index is 12.2. The summed E-state index contributed by atoms with van der Waals surface area (Å²) in [5.41, 5.74) is 1.89. The quantitative estimate of drug-likeness (QED) is 0.598. The van der Waals surface area contributed by atoms with Gasteiger partial charge in [0.05, 0.1) is 0 Å². The van der Waals surface area contributed by atoms with E-state index in [0.717, 1.165) is 16.0 Å². The van der Waals surface area contributed by atoms with Crippen molar-refractivity contribution in [3.8, 4) is 0 Å². The zero-order chi connectivity index (χ0) is 12.1. The molecular weight excluding hydrogens is 228 g/mol. The monoisotopic (exact) mass is 242 g/mol. The summed E-state index contributed by atoms with van der Waals surface area (Å²) in [6, 6.07) is 17.6. The number of thioether (sulfide) groups is 1. The molecule has 0 saturated carbocycles. The Hall–Kier alpha value is -1.54. The molecule has 0 unspecified atom stereocenters. The molecule has 2 aromatic rings.